The van der Waals surface area contributed by atoms with Gasteiger partial charge in [-0.1, -0.05) is 27.2 Å². The van der Waals surface area contributed by atoms with Crippen LogP contribution >= 0.6 is 0 Å². The molecular formula is C27H53N2NaO6. The summed E-state index contributed by atoms with van der Waals surface area (Å²) in [5.74, 6) is -1.20. The van der Waals surface area contributed by atoms with E-state index in [4.69, 9.17) is 14.9 Å². The van der Waals surface area contributed by atoms with E-state index in [2.05, 4.69) is 76.1 Å². The second-order valence-electron chi connectivity index (χ2n) is 5.42. The molecule has 1 heterocycles. The van der Waals surface area contributed by atoms with E-state index < -0.39 is 23.3 Å². The third kappa shape index (κ3) is 28.4. The maximum Gasteiger partial charge on any atom is 1.00 e. The first-order valence-corrected chi connectivity index (χ1v) is 11.2. The fourth-order valence-electron chi connectivity index (χ4n) is 2.50. The average molecular weight is 525 g/mol. The topological polar surface area (TPSA) is 131 Å². The minimum atomic E-state index is -1.15. The summed E-state index contributed by atoms with van der Waals surface area (Å²) in [6, 6.07) is -0.845. The first-order chi connectivity index (χ1) is 16.8. The van der Waals surface area contributed by atoms with Gasteiger partial charge in [0.2, 0.25) is 5.91 Å². The molecule has 0 radical (unpaired) electrons. The molecule has 0 fully saturated rings. The number of hydrogen-bond donors (Lipinski definition) is 3. The smallest absolute Gasteiger partial charge is 0.846 e. The van der Waals surface area contributed by atoms with Crippen molar-refractivity contribution in [3.63, 3.8) is 0 Å². The zero-order valence-electron chi connectivity index (χ0n) is 24.1. The number of nitrogens with one attached hydrogen (secondary N) is 1. The zero-order chi connectivity index (χ0) is 29.9. The number of aliphatic hydroxyl groups excluding tert-OH is 2. The number of carbonyl (C=O) groups excluding carboxylic acids is 2. The van der Waals surface area contributed by atoms with Crippen LogP contribution in [0.15, 0.2) is 70.8 Å². The van der Waals surface area contributed by atoms with Crippen LogP contribution in [0, 0.1) is 11.3 Å². The number of aliphatic hydroxyl groups is 2. The number of nitrogens with zero attached hydrogens (tertiary/aromatic N) is 1. The van der Waals surface area contributed by atoms with Gasteiger partial charge in [-0.15, -0.1) is 65.8 Å². The Kier molecular flexibility index (Phi) is 76.5. The van der Waals surface area contributed by atoms with E-state index in [1.54, 1.807) is 6.92 Å². The van der Waals surface area contributed by atoms with Gasteiger partial charge in [0, 0.05) is 13.2 Å². The molecule has 9 heteroatoms. The minimum absolute atomic E-state index is 0. The standard InChI is InChI=1S/C11H18N2O3.C4H10O.C2H6O2.5C2H4.Na/c1-4-6-7(3)11(5-2)8(14)12-10(16)13-9(11)15;1-3-5-4-2;3-1-2-4;5*1-2;/h7H,4-6H2,1-3H3,(H2,12,13,14,15,16);3-4H2,1-2H3;3-4H,1-2H2;5*1-2H2;/q;;;;;;;;+1/p-1. The van der Waals surface area contributed by atoms with Crippen molar-refractivity contribution in [2.24, 2.45) is 16.3 Å². The van der Waals surface area contributed by atoms with E-state index in [0.717, 1.165) is 26.1 Å². The maximum atomic E-state index is 11.9. The minimum Gasteiger partial charge on any atom is -0.846 e. The van der Waals surface area contributed by atoms with Gasteiger partial charge in [0.1, 0.15) is 5.41 Å². The van der Waals surface area contributed by atoms with Crippen molar-refractivity contribution < 1.29 is 59.2 Å². The predicted molar refractivity (Wildman–Crippen MR) is 150 cm³/mol. The van der Waals surface area contributed by atoms with E-state index in [9.17, 15) is 14.7 Å². The van der Waals surface area contributed by atoms with Gasteiger partial charge in [-0.3, -0.25) is 9.59 Å². The van der Waals surface area contributed by atoms with Crippen LogP contribution in [0.1, 0.15) is 53.9 Å². The summed E-state index contributed by atoms with van der Waals surface area (Å²) >= 11 is 0. The number of amides is 2. The van der Waals surface area contributed by atoms with Crippen molar-refractivity contribution >= 4 is 17.8 Å². The normalized spacial score (nSPS) is 14.7. The molecule has 1 aliphatic heterocycles. The molecule has 1 aliphatic rings. The Morgan fingerprint density at radius 3 is 1.44 bits per heavy atom. The van der Waals surface area contributed by atoms with Gasteiger partial charge in [0.25, 0.3) is 5.91 Å². The largest absolute Gasteiger partial charge is 1.00 e. The van der Waals surface area contributed by atoms with Gasteiger partial charge in [-0.25, -0.2) is 4.99 Å². The number of ether oxygens (including phenoxy) is 1. The van der Waals surface area contributed by atoms with Crippen LogP contribution in [0.25, 0.3) is 0 Å². The first-order valence-electron chi connectivity index (χ1n) is 11.2. The molecule has 2 unspecified atom stereocenters. The van der Waals surface area contributed by atoms with E-state index in [1.807, 2.05) is 27.7 Å². The number of amidine groups is 1. The molecular weight excluding hydrogens is 471 g/mol. The first kappa shape index (κ1) is 54.9. The van der Waals surface area contributed by atoms with E-state index in [-0.39, 0.29) is 48.7 Å². The van der Waals surface area contributed by atoms with Gasteiger partial charge in [-0.05, 0) is 32.6 Å². The molecule has 0 aromatic carbocycles. The summed E-state index contributed by atoms with van der Waals surface area (Å²) in [4.78, 5) is 27.1. The Bertz CT molecular complexity index is 477. The van der Waals surface area contributed by atoms with Crippen molar-refractivity contribution in [2.75, 3.05) is 26.4 Å². The molecule has 0 bridgehead atoms. The monoisotopic (exact) mass is 524 g/mol. The number of aliphatic imine (C=N–C) groups is 1. The number of hydrogen-bond acceptors (Lipinski definition) is 6. The summed E-state index contributed by atoms with van der Waals surface area (Å²) in [7, 11) is 0. The summed E-state index contributed by atoms with van der Waals surface area (Å²) < 4.78 is 4.83. The summed E-state index contributed by atoms with van der Waals surface area (Å²) in [5.41, 5.74) is -1.15. The second kappa shape index (κ2) is 50.1. The van der Waals surface area contributed by atoms with Crippen LogP contribution in [-0.4, -0.2) is 54.5 Å². The van der Waals surface area contributed by atoms with E-state index >= 15 is 0 Å². The van der Waals surface area contributed by atoms with Gasteiger partial charge in [-0.2, -0.15) is 0 Å². The van der Waals surface area contributed by atoms with Crippen molar-refractivity contribution in [3.05, 3.63) is 65.8 Å². The van der Waals surface area contributed by atoms with Gasteiger partial charge >= 0.3 is 29.6 Å². The fourth-order valence-corrected chi connectivity index (χ4v) is 2.50. The van der Waals surface area contributed by atoms with Crippen LogP contribution in [0.2, 0.25) is 0 Å². The summed E-state index contributed by atoms with van der Waals surface area (Å²) in [5, 5.41) is 28.3. The molecule has 8 nitrogen and oxygen atoms in total. The van der Waals surface area contributed by atoms with Gasteiger partial charge in [0.15, 0.2) is 0 Å². The molecule has 0 aliphatic carbocycles. The maximum absolute atomic E-state index is 11.9. The second-order valence-corrected chi connectivity index (χ2v) is 5.42. The van der Waals surface area contributed by atoms with Crippen molar-refractivity contribution in [3.8, 4) is 0 Å². The number of carbonyl (C=O) groups is 2. The molecule has 0 aromatic rings. The predicted octanol–water partition coefficient (Wildman–Crippen LogP) is 1.22. The summed E-state index contributed by atoms with van der Waals surface area (Å²) in [6.45, 7) is 41.0. The molecule has 0 saturated carbocycles. The van der Waals surface area contributed by atoms with Crippen LogP contribution < -0.4 is 40.0 Å². The molecule has 1 rings (SSSR count). The van der Waals surface area contributed by atoms with Crippen LogP contribution in [-0.2, 0) is 14.3 Å². The molecule has 2 atom stereocenters. The molecule has 208 valence electrons. The SMILES string of the molecule is C=C.C=C.C=C.C=C.C=C.CCCC(C)C1(CC)C(=O)N=C([O-])NC1=O.CCOCC.OCCO.[Na+]. The average Bonchev–Trinajstić information content (AvgIpc) is 2.91. The van der Waals surface area contributed by atoms with Crippen molar-refractivity contribution in [1.29, 1.82) is 0 Å². The Hall–Kier alpha value is -1.81. The Morgan fingerprint density at radius 2 is 1.25 bits per heavy atom. The molecule has 3 N–H and O–H groups in total. The van der Waals surface area contributed by atoms with Crippen molar-refractivity contribution in [2.45, 2.75) is 53.9 Å². The van der Waals surface area contributed by atoms with Crippen LogP contribution in [0.3, 0.4) is 0 Å². The van der Waals surface area contributed by atoms with Crippen LogP contribution in [0.5, 0.6) is 0 Å². The number of rotatable bonds is 7. The third-order valence-electron chi connectivity index (χ3n) is 3.84. The van der Waals surface area contributed by atoms with Crippen LogP contribution in [0.4, 0.5) is 0 Å². The van der Waals surface area contributed by atoms with Gasteiger partial charge in [0.05, 0.1) is 19.2 Å². The third-order valence-corrected chi connectivity index (χ3v) is 3.84. The van der Waals surface area contributed by atoms with E-state index in [1.165, 1.54) is 0 Å². The van der Waals surface area contributed by atoms with Crippen molar-refractivity contribution in [1.82, 2.24) is 5.32 Å². The quantitative estimate of drug-likeness (QED) is 0.261. The Morgan fingerprint density at radius 1 is 0.889 bits per heavy atom. The Labute approximate surface area is 243 Å². The summed E-state index contributed by atoms with van der Waals surface area (Å²) in [6.07, 6.45) is 2.02. The van der Waals surface area contributed by atoms with E-state index in [0.29, 0.717) is 6.42 Å². The molecule has 0 aromatic heterocycles. The Balaban J connectivity index is -0.0000000546. The zero-order valence-corrected chi connectivity index (χ0v) is 26.1. The molecule has 2 amide bonds. The fraction of sp³-hybridized carbons (Fsp3) is 0.519. The molecule has 36 heavy (non-hydrogen) atoms. The molecule has 0 spiro atoms. The molecule has 0 saturated heterocycles. The van der Waals surface area contributed by atoms with Gasteiger partial charge < -0.3 is 25.4 Å².